The molecule has 1 heterocycles. The molecule has 0 saturated heterocycles. The van der Waals surface area contributed by atoms with Crippen LogP contribution in [0.1, 0.15) is 22.5 Å². The Morgan fingerprint density at radius 1 is 0.680 bits per heavy atom. The summed E-state index contributed by atoms with van der Waals surface area (Å²) in [4.78, 5) is 9.43. The number of nitrogens with zero attached hydrogens (tertiary/aromatic N) is 3. The molecule has 0 unspecified atom stereocenters. The van der Waals surface area contributed by atoms with Crippen LogP contribution in [-0.4, -0.2) is 9.97 Å². The molecular weight excluding hydrogens is 306 g/mol. The summed E-state index contributed by atoms with van der Waals surface area (Å²) in [6.07, 6.45) is 0. The number of benzene rings is 4. The van der Waals surface area contributed by atoms with Crippen LogP contribution in [0.25, 0.3) is 43.4 Å². The maximum atomic E-state index is 9.39. The van der Waals surface area contributed by atoms with Crippen LogP contribution in [0, 0.1) is 32.1 Å². The van der Waals surface area contributed by atoms with Gasteiger partial charge in [0.1, 0.15) is 6.07 Å². The second-order valence-electron chi connectivity index (χ2n) is 6.74. The third-order valence-corrected chi connectivity index (χ3v) is 5.28. The van der Waals surface area contributed by atoms with Crippen LogP contribution >= 0.6 is 0 Å². The Hall–Kier alpha value is -3.25. The Kier molecular flexibility index (Phi) is 2.62. The molecule has 0 aliphatic heterocycles. The first-order valence-electron chi connectivity index (χ1n) is 8.35. The quantitative estimate of drug-likeness (QED) is 0.286. The van der Waals surface area contributed by atoms with Crippen molar-refractivity contribution >= 4 is 43.4 Å². The van der Waals surface area contributed by atoms with E-state index in [2.05, 4.69) is 61.3 Å². The lowest BCUT2D eigenvalue weighted by Gasteiger charge is -2.16. The normalized spacial score (nSPS) is 11.8. The van der Waals surface area contributed by atoms with Crippen LogP contribution in [0.2, 0.25) is 0 Å². The summed E-state index contributed by atoms with van der Waals surface area (Å²) in [5.41, 5.74) is 5.28. The van der Waals surface area contributed by atoms with Crippen molar-refractivity contribution in [2.75, 3.05) is 0 Å². The standard InChI is InChI=1S/C22H15N3/c1-11-4-6-16-19-14(11)8-9-15-12(2)5-7-17(20(15)19)22-21(16)24-13(3)18(10-23)25-22/h4-9H,1-3H3. The second-order valence-corrected chi connectivity index (χ2v) is 6.74. The Labute approximate surface area is 144 Å². The molecule has 25 heavy (non-hydrogen) atoms. The zero-order valence-electron chi connectivity index (χ0n) is 14.3. The molecule has 0 fully saturated rings. The summed E-state index contributed by atoms with van der Waals surface area (Å²) < 4.78 is 0. The average molecular weight is 321 g/mol. The Bertz CT molecular complexity index is 1370. The Morgan fingerprint density at radius 3 is 1.68 bits per heavy atom. The molecule has 118 valence electrons. The van der Waals surface area contributed by atoms with Crippen molar-refractivity contribution in [2.24, 2.45) is 0 Å². The summed E-state index contributed by atoms with van der Waals surface area (Å²) in [6, 6.07) is 15.1. The highest BCUT2D eigenvalue weighted by atomic mass is 14.8. The molecule has 0 aliphatic carbocycles. The van der Waals surface area contributed by atoms with Crippen LogP contribution in [0.3, 0.4) is 0 Å². The fourth-order valence-electron chi connectivity index (χ4n) is 3.98. The number of nitriles is 1. The first-order chi connectivity index (χ1) is 12.1. The van der Waals surface area contributed by atoms with E-state index < -0.39 is 0 Å². The van der Waals surface area contributed by atoms with Crippen LogP contribution in [0.4, 0.5) is 0 Å². The molecule has 0 bridgehead atoms. The van der Waals surface area contributed by atoms with E-state index in [1.165, 1.54) is 32.7 Å². The van der Waals surface area contributed by atoms with Gasteiger partial charge in [-0.05, 0) is 53.4 Å². The molecule has 3 nitrogen and oxygen atoms in total. The zero-order chi connectivity index (χ0) is 17.3. The lowest BCUT2D eigenvalue weighted by Crippen LogP contribution is -1.98. The van der Waals surface area contributed by atoms with Crippen molar-refractivity contribution in [2.45, 2.75) is 20.8 Å². The molecule has 0 N–H and O–H groups in total. The number of fused-ring (bicyclic) bond motifs is 3. The minimum atomic E-state index is 0.398. The molecule has 0 radical (unpaired) electrons. The van der Waals surface area contributed by atoms with E-state index in [4.69, 9.17) is 4.98 Å². The van der Waals surface area contributed by atoms with Crippen LogP contribution in [0.5, 0.6) is 0 Å². The van der Waals surface area contributed by atoms with Gasteiger partial charge >= 0.3 is 0 Å². The van der Waals surface area contributed by atoms with Crippen molar-refractivity contribution in [3.63, 3.8) is 0 Å². The lowest BCUT2D eigenvalue weighted by molar-refractivity contribution is 1.16. The van der Waals surface area contributed by atoms with Gasteiger partial charge in [0.15, 0.2) is 5.69 Å². The van der Waals surface area contributed by atoms with Gasteiger partial charge in [0, 0.05) is 10.8 Å². The largest absolute Gasteiger partial charge is 0.248 e. The molecule has 0 saturated carbocycles. The van der Waals surface area contributed by atoms with E-state index in [9.17, 15) is 5.26 Å². The lowest BCUT2D eigenvalue weighted by atomic mass is 9.89. The highest BCUT2D eigenvalue weighted by molar-refractivity contribution is 6.32. The number of hydrogen-bond acceptors (Lipinski definition) is 3. The number of rotatable bonds is 0. The van der Waals surface area contributed by atoms with E-state index in [1.54, 1.807) is 0 Å². The topological polar surface area (TPSA) is 49.6 Å². The minimum absolute atomic E-state index is 0.398. The molecule has 0 amide bonds. The fourth-order valence-corrected chi connectivity index (χ4v) is 3.98. The molecule has 4 aromatic carbocycles. The van der Waals surface area contributed by atoms with E-state index in [1.807, 2.05) is 6.92 Å². The first-order valence-corrected chi connectivity index (χ1v) is 8.35. The van der Waals surface area contributed by atoms with Crippen molar-refractivity contribution in [3.05, 3.63) is 58.9 Å². The molecule has 1 aromatic heterocycles. The first kappa shape index (κ1) is 14.1. The van der Waals surface area contributed by atoms with E-state index in [0.717, 1.165) is 21.8 Å². The molecule has 0 aliphatic rings. The van der Waals surface area contributed by atoms with Crippen LogP contribution in [-0.2, 0) is 0 Å². The van der Waals surface area contributed by atoms with Gasteiger partial charge < -0.3 is 0 Å². The van der Waals surface area contributed by atoms with E-state index in [0.29, 0.717) is 11.4 Å². The van der Waals surface area contributed by atoms with E-state index in [-0.39, 0.29) is 0 Å². The summed E-state index contributed by atoms with van der Waals surface area (Å²) in [5, 5.41) is 16.5. The second kappa shape index (κ2) is 4.64. The Balaban J connectivity index is 2.24. The molecule has 0 spiro atoms. The molecule has 0 atom stereocenters. The van der Waals surface area contributed by atoms with Crippen LogP contribution in [0.15, 0.2) is 36.4 Å². The number of hydrogen-bond donors (Lipinski definition) is 0. The monoisotopic (exact) mass is 321 g/mol. The zero-order valence-corrected chi connectivity index (χ0v) is 14.3. The van der Waals surface area contributed by atoms with Crippen molar-refractivity contribution in [1.82, 2.24) is 9.97 Å². The van der Waals surface area contributed by atoms with Gasteiger partial charge in [-0.3, -0.25) is 0 Å². The van der Waals surface area contributed by atoms with Gasteiger partial charge in [-0.2, -0.15) is 5.26 Å². The van der Waals surface area contributed by atoms with Crippen molar-refractivity contribution in [3.8, 4) is 6.07 Å². The summed E-state index contributed by atoms with van der Waals surface area (Å²) >= 11 is 0. The third kappa shape index (κ3) is 1.69. The number of aromatic nitrogens is 2. The smallest absolute Gasteiger partial charge is 0.162 e. The molecular formula is C22H15N3. The van der Waals surface area contributed by atoms with Gasteiger partial charge in [0.25, 0.3) is 0 Å². The van der Waals surface area contributed by atoms with Gasteiger partial charge in [-0.25, -0.2) is 9.97 Å². The summed E-state index contributed by atoms with van der Waals surface area (Å²) in [6.45, 7) is 6.13. The SMILES string of the molecule is Cc1nc2c3ccc(C)c4ccc5c(C)ccc(c2nc1C#N)c5c43. The highest BCUT2D eigenvalue weighted by Gasteiger charge is 2.18. The summed E-state index contributed by atoms with van der Waals surface area (Å²) in [5.74, 6) is 0. The van der Waals surface area contributed by atoms with Gasteiger partial charge in [0.05, 0.1) is 16.7 Å². The predicted molar refractivity (Wildman–Crippen MR) is 102 cm³/mol. The van der Waals surface area contributed by atoms with E-state index >= 15 is 0 Å². The minimum Gasteiger partial charge on any atom is -0.248 e. The predicted octanol–water partition coefficient (Wildman–Crippen LogP) is 5.32. The maximum absolute atomic E-state index is 9.39. The summed E-state index contributed by atoms with van der Waals surface area (Å²) in [7, 11) is 0. The highest BCUT2D eigenvalue weighted by Crippen LogP contribution is 2.41. The van der Waals surface area contributed by atoms with Gasteiger partial charge in [-0.15, -0.1) is 0 Å². The third-order valence-electron chi connectivity index (χ3n) is 5.28. The fraction of sp³-hybridized carbons (Fsp3) is 0.136. The molecule has 3 heteroatoms. The van der Waals surface area contributed by atoms with Gasteiger partial charge in [0.2, 0.25) is 0 Å². The average Bonchev–Trinajstić information content (AvgIpc) is 2.62. The Morgan fingerprint density at radius 2 is 1.16 bits per heavy atom. The van der Waals surface area contributed by atoms with Crippen molar-refractivity contribution < 1.29 is 0 Å². The maximum Gasteiger partial charge on any atom is 0.162 e. The van der Waals surface area contributed by atoms with Crippen LogP contribution < -0.4 is 0 Å². The van der Waals surface area contributed by atoms with Crippen molar-refractivity contribution in [1.29, 1.82) is 5.26 Å². The molecule has 5 aromatic rings. The molecule has 5 rings (SSSR count). The number of aryl methyl sites for hydroxylation is 3. The van der Waals surface area contributed by atoms with Gasteiger partial charge in [-0.1, -0.05) is 36.4 Å².